The summed E-state index contributed by atoms with van der Waals surface area (Å²) < 4.78 is 43.3. The fourth-order valence-corrected chi connectivity index (χ4v) is 6.47. The molecule has 202 valence electrons. The van der Waals surface area contributed by atoms with Crippen molar-refractivity contribution in [3.63, 3.8) is 0 Å². The van der Waals surface area contributed by atoms with Crippen molar-refractivity contribution < 1.29 is 32.2 Å². The molecule has 1 saturated heterocycles. The van der Waals surface area contributed by atoms with Crippen LogP contribution in [-0.4, -0.2) is 66.2 Å². The molecule has 1 aliphatic carbocycles. The second-order valence-corrected chi connectivity index (χ2v) is 12.3. The lowest BCUT2D eigenvalue weighted by Crippen LogP contribution is -2.31. The van der Waals surface area contributed by atoms with Crippen LogP contribution in [0.4, 0.5) is 5.13 Å². The fraction of sp³-hybridized carbons (Fsp3) is 0.440. The van der Waals surface area contributed by atoms with E-state index in [1.54, 1.807) is 19.1 Å². The number of esters is 1. The molecular formula is C25H28N4O7S2. The van der Waals surface area contributed by atoms with E-state index in [2.05, 4.69) is 15.4 Å². The molecule has 1 aromatic carbocycles. The molecule has 1 aliphatic heterocycles. The average Bonchev–Trinajstić information content (AvgIpc) is 3.50. The summed E-state index contributed by atoms with van der Waals surface area (Å²) in [6.45, 7) is 3.08. The van der Waals surface area contributed by atoms with Crippen LogP contribution in [0.2, 0.25) is 0 Å². The number of hydrogen-bond acceptors (Lipinski definition) is 10. The third-order valence-electron chi connectivity index (χ3n) is 6.25. The van der Waals surface area contributed by atoms with E-state index in [9.17, 15) is 18.0 Å². The minimum absolute atomic E-state index is 0.174. The number of amides is 1. The van der Waals surface area contributed by atoms with Crippen molar-refractivity contribution in [3.8, 4) is 5.00 Å². The Morgan fingerprint density at radius 2 is 1.89 bits per heavy atom. The van der Waals surface area contributed by atoms with E-state index < -0.39 is 27.8 Å². The predicted molar refractivity (Wildman–Crippen MR) is 138 cm³/mol. The van der Waals surface area contributed by atoms with Crippen molar-refractivity contribution in [2.75, 3.05) is 25.1 Å². The van der Waals surface area contributed by atoms with Crippen LogP contribution < -0.4 is 5.32 Å². The van der Waals surface area contributed by atoms with Crippen molar-refractivity contribution in [1.29, 1.82) is 0 Å². The molecule has 0 bridgehead atoms. The van der Waals surface area contributed by atoms with Crippen molar-refractivity contribution in [2.24, 2.45) is 0 Å². The lowest BCUT2D eigenvalue weighted by molar-refractivity contribution is -0.136. The Bertz CT molecular complexity index is 1390. The Labute approximate surface area is 224 Å². The number of nitrogens with one attached hydrogen (secondary N) is 1. The molecule has 5 rings (SSSR count). The highest BCUT2D eigenvalue weighted by atomic mass is 32.2. The van der Waals surface area contributed by atoms with Gasteiger partial charge in [0.25, 0.3) is 5.91 Å². The van der Waals surface area contributed by atoms with Gasteiger partial charge in [-0.05, 0) is 50.3 Å². The maximum absolute atomic E-state index is 13.4. The van der Waals surface area contributed by atoms with Gasteiger partial charge in [-0.2, -0.15) is 5.10 Å². The summed E-state index contributed by atoms with van der Waals surface area (Å²) in [6, 6.07) is 6.34. The lowest BCUT2D eigenvalue weighted by atomic mass is 10.1. The maximum atomic E-state index is 13.4. The van der Waals surface area contributed by atoms with Crippen LogP contribution >= 0.6 is 11.3 Å². The molecule has 1 N–H and O–H groups in total. The van der Waals surface area contributed by atoms with E-state index >= 15 is 0 Å². The van der Waals surface area contributed by atoms with Gasteiger partial charge in [0.05, 0.1) is 40.8 Å². The third-order valence-corrected chi connectivity index (χ3v) is 9.43. The smallest absolute Gasteiger partial charge is 0.341 e. The molecule has 2 fully saturated rings. The highest BCUT2D eigenvalue weighted by Gasteiger charge is 2.37. The molecule has 11 nitrogen and oxygen atoms in total. The largest absolute Gasteiger partial charge is 0.462 e. The van der Waals surface area contributed by atoms with Crippen LogP contribution in [0.5, 0.6) is 0 Å². The molecule has 0 radical (unpaired) electrons. The van der Waals surface area contributed by atoms with Gasteiger partial charge in [-0.25, -0.2) is 22.9 Å². The van der Waals surface area contributed by atoms with Crippen LogP contribution in [0.15, 0.2) is 47.8 Å². The van der Waals surface area contributed by atoms with Crippen LogP contribution in [0, 0.1) is 0 Å². The molecule has 3 heterocycles. The number of thiazole rings is 1. The molecule has 1 unspecified atom stereocenters. The number of anilines is 1. The number of ether oxygens (including phenoxy) is 3. The molecule has 3 aromatic rings. The summed E-state index contributed by atoms with van der Waals surface area (Å²) in [5, 5.41) is 7.58. The Morgan fingerprint density at radius 1 is 1.16 bits per heavy atom. The zero-order chi connectivity index (χ0) is 26.7. The summed E-state index contributed by atoms with van der Waals surface area (Å²) in [4.78, 5) is 29.8. The minimum atomic E-state index is -3.34. The lowest BCUT2D eigenvalue weighted by Gasteiger charge is -2.27. The van der Waals surface area contributed by atoms with Gasteiger partial charge in [-0.1, -0.05) is 23.5 Å². The molecular weight excluding hydrogens is 532 g/mol. The summed E-state index contributed by atoms with van der Waals surface area (Å²) in [5.41, 5.74) is 0.856. The molecule has 1 atom stereocenters. The van der Waals surface area contributed by atoms with Gasteiger partial charge in [0.15, 0.2) is 21.1 Å². The third kappa shape index (κ3) is 5.96. The van der Waals surface area contributed by atoms with Crippen molar-refractivity contribution in [2.45, 2.75) is 55.0 Å². The Balaban J connectivity index is 1.33. The van der Waals surface area contributed by atoms with E-state index in [4.69, 9.17) is 14.2 Å². The van der Waals surface area contributed by atoms with Crippen molar-refractivity contribution in [3.05, 3.63) is 54.0 Å². The Morgan fingerprint density at radius 3 is 2.58 bits per heavy atom. The van der Waals surface area contributed by atoms with Gasteiger partial charge in [0, 0.05) is 19.4 Å². The van der Waals surface area contributed by atoms with Crippen LogP contribution in [0.3, 0.4) is 0 Å². The molecule has 2 aromatic heterocycles. The van der Waals surface area contributed by atoms with Gasteiger partial charge in [-0.15, -0.1) is 0 Å². The second kappa shape index (κ2) is 11.3. The van der Waals surface area contributed by atoms with Gasteiger partial charge in [0.1, 0.15) is 5.00 Å². The molecule has 38 heavy (non-hydrogen) atoms. The summed E-state index contributed by atoms with van der Waals surface area (Å²) in [5.74, 6) is -0.899. The monoisotopic (exact) mass is 560 g/mol. The van der Waals surface area contributed by atoms with Gasteiger partial charge in [-0.3, -0.25) is 10.1 Å². The zero-order valence-corrected chi connectivity index (χ0v) is 22.4. The van der Waals surface area contributed by atoms with Gasteiger partial charge < -0.3 is 14.2 Å². The first-order chi connectivity index (χ1) is 18.3. The van der Waals surface area contributed by atoms with E-state index in [0.29, 0.717) is 60.2 Å². The number of sulfone groups is 1. The Kier molecular flexibility index (Phi) is 7.88. The minimum Gasteiger partial charge on any atom is -0.462 e. The molecule has 2 aliphatic rings. The second-order valence-electron chi connectivity index (χ2n) is 9.03. The van der Waals surface area contributed by atoms with E-state index in [1.807, 2.05) is 0 Å². The van der Waals surface area contributed by atoms with Gasteiger partial charge >= 0.3 is 5.97 Å². The summed E-state index contributed by atoms with van der Waals surface area (Å²) >= 11 is 1.18. The summed E-state index contributed by atoms with van der Waals surface area (Å²) in [6.07, 6.45) is 6.00. The number of nitrogens with zero attached hydrogens (tertiary/aromatic N) is 3. The normalized spacial score (nSPS) is 17.2. The van der Waals surface area contributed by atoms with Gasteiger partial charge in [0.2, 0.25) is 0 Å². The van der Waals surface area contributed by atoms with Crippen molar-refractivity contribution >= 4 is 38.2 Å². The standard InChI is InChI=1S/C25H28N4O7S2/c1-2-35-24(31)17-13-27-29(15-17)21-14-26-25(37-21)28-23(30)22(36-18-9-11-34-12-10-18)16-3-5-19(6-4-16)38(32,33)20-7-8-20/h3-6,13-15,18,20,22H,2,7-12H2,1H3,(H,26,28,30). The first-order valence-corrected chi connectivity index (χ1v) is 14.8. The molecule has 1 amide bonds. The van der Waals surface area contributed by atoms with Crippen LogP contribution in [-0.2, 0) is 28.8 Å². The first-order valence-electron chi connectivity index (χ1n) is 12.4. The fourth-order valence-electron chi connectivity index (χ4n) is 4.06. The highest BCUT2D eigenvalue weighted by Crippen LogP contribution is 2.34. The topological polar surface area (TPSA) is 139 Å². The number of carbonyl (C=O) groups excluding carboxylic acids is 2. The predicted octanol–water partition coefficient (Wildman–Crippen LogP) is 3.32. The quantitative estimate of drug-likeness (QED) is 0.370. The number of hydrogen-bond donors (Lipinski definition) is 1. The van der Waals surface area contributed by atoms with E-state index in [-0.39, 0.29) is 22.9 Å². The van der Waals surface area contributed by atoms with Crippen LogP contribution in [0.1, 0.15) is 54.6 Å². The van der Waals surface area contributed by atoms with Crippen LogP contribution in [0.25, 0.3) is 5.00 Å². The average molecular weight is 561 g/mol. The van der Waals surface area contributed by atoms with Crippen molar-refractivity contribution in [1.82, 2.24) is 14.8 Å². The highest BCUT2D eigenvalue weighted by molar-refractivity contribution is 7.92. The molecule has 1 saturated carbocycles. The first kappa shape index (κ1) is 26.5. The summed E-state index contributed by atoms with van der Waals surface area (Å²) in [7, 11) is -3.34. The number of benzene rings is 1. The number of rotatable bonds is 10. The molecule has 0 spiro atoms. The number of aromatic nitrogens is 3. The zero-order valence-electron chi connectivity index (χ0n) is 20.7. The SMILES string of the molecule is CCOC(=O)c1cnn(-c2cnc(NC(=O)C(OC3CCOCC3)c3ccc(S(=O)(=O)C4CC4)cc3)s2)c1. The number of carbonyl (C=O) groups is 2. The maximum Gasteiger partial charge on any atom is 0.341 e. The van der Waals surface area contributed by atoms with E-state index in [1.165, 1.54) is 46.7 Å². The molecule has 13 heteroatoms. The Hall–Kier alpha value is -3.13. The van der Waals surface area contributed by atoms with E-state index in [0.717, 1.165) is 0 Å².